The van der Waals surface area contributed by atoms with Gasteiger partial charge in [-0.2, -0.15) is 0 Å². The zero-order valence-corrected chi connectivity index (χ0v) is 9.60. The first-order valence-corrected chi connectivity index (χ1v) is 8.76. The summed E-state index contributed by atoms with van der Waals surface area (Å²) >= 11 is 17.2. The lowest BCUT2D eigenvalue weighted by Crippen LogP contribution is -2.13. The van der Waals surface area contributed by atoms with E-state index in [9.17, 15) is 0 Å². The molecule has 0 saturated heterocycles. The Hall–Kier alpha value is 1.09. The number of halogens is 3. The van der Waals surface area contributed by atoms with E-state index in [1.807, 2.05) is 0 Å². The third kappa shape index (κ3) is 7.20. The van der Waals surface area contributed by atoms with Gasteiger partial charge in [-0.1, -0.05) is 26.7 Å². The Morgan fingerprint density at radius 1 is 1.30 bits per heavy atom. The summed E-state index contributed by atoms with van der Waals surface area (Å²) in [6.07, 6.45) is 2.34. The van der Waals surface area contributed by atoms with Crippen molar-refractivity contribution in [2.45, 2.75) is 32.7 Å². The SMILES string of the molecule is CCCC(C)C[Si](Cl)(Cl)Cl. The highest BCUT2D eigenvalue weighted by Crippen LogP contribution is 2.30. The molecule has 0 aliphatic carbocycles. The van der Waals surface area contributed by atoms with Crippen molar-refractivity contribution in [1.29, 1.82) is 0 Å². The van der Waals surface area contributed by atoms with Crippen LogP contribution in [0, 0.1) is 5.92 Å². The summed E-state index contributed by atoms with van der Waals surface area (Å²) in [4.78, 5) is 0. The predicted octanol–water partition coefficient (Wildman–Crippen LogP) is 4.08. The molecule has 0 aromatic rings. The second-order valence-electron chi connectivity index (χ2n) is 2.71. The Balaban J connectivity index is 3.47. The van der Waals surface area contributed by atoms with Crippen LogP contribution in [0.5, 0.6) is 0 Å². The molecular formula is C6H13Cl3Si. The van der Waals surface area contributed by atoms with Crippen molar-refractivity contribution in [1.82, 2.24) is 0 Å². The van der Waals surface area contributed by atoms with Crippen molar-refractivity contribution >= 4 is 39.2 Å². The second kappa shape index (κ2) is 4.86. The first-order chi connectivity index (χ1) is 4.45. The molecular weight excluding hydrogens is 207 g/mol. The molecule has 0 rings (SSSR count). The molecule has 10 heavy (non-hydrogen) atoms. The minimum absolute atomic E-state index is 0.573. The fourth-order valence-corrected chi connectivity index (χ4v) is 4.36. The Morgan fingerprint density at radius 3 is 2.10 bits per heavy atom. The Kier molecular flexibility index (Phi) is 5.39. The Labute approximate surface area is 78.0 Å². The highest BCUT2D eigenvalue weighted by Gasteiger charge is 2.26. The van der Waals surface area contributed by atoms with Crippen LogP contribution in [0.2, 0.25) is 6.04 Å². The minimum atomic E-state index is -2.34. The van der Waals surface area contributed by atoms with E-state index in [4.69, 9.17) is 33.2 Å². The molecule has 0 bridgehead atoms. The van der Waals surface area contributed by atoms with Gasteiger partial charge < -0.3 is 0 Å². The number of hydrogen-bond acceptors (Lipinski definition) is 0. The predicted molar refractivity (Wildman–Crippen MR) is 52.2 cm³/mol. The summed E-state index contributed by atoms with van der Waals surface area (Å²) in [6.45, 7) is 4.29. The summed E-state index contributed by atoms with van der Waals surface area (Å²) < 4.78 is 0. The summed E-state index contributed by atoms with van der Waals surface area (Å²) in [6, 6.07) is -1.54. The van der Waals surface area contributed by atoms with Crippen molar-refractivity contribution in [3.05, 3.63) is 0 Å². The smallest absolute Gasteiger partial charge is 0.126 e. The van der Waals surface area contributed by atoms with Crippen LogP contribution in [-0.2, 0) is 0 Å². The van der Waals surface area contributed by atoms with Crippen LogP contribution in [0.1, 0.15) is 26.7 Å². The fraction of sp³-hybridized carbons (Fsp3) is 1.00. The van der Waals surface area contributed by atoms with Crippen LogP contribution in [0.3, 0.4) is 0 Å². The Bertz CT molecular complexity index is 89.5. The molecule has 62 valence electrons. The molecule has 0 spiro atoms. The van der Waals surface area contributed by atoms with E-state index in [0.29, 0.717) is 5.92 Å². The van der Waals surface area contributed by atoms with Gasteiger partial charge in [-0.25, -0.2) is 0 Å². The zero-order chi connectivity index (χ0) is 8.20. The first-order valence-electron chi connectivity index (χ1n) is 3.52. The molecule has 0 fully saturated rings. The van der Waals surface area contributed by atoms with Crippen LogP contribution in [-0.4, -0.2) is 6.00 Å². The maximum atomic E-state index is 5.73. The van der Waals surface area contributed by atoms with Crippen molar-refractivity contribution in [3.8, 4) is 0 Å². The molecule has 0 aliphatic heterocycles. The summed E-state index contributed by atoms with van der Waals surface area (Å²) in [5.41, 5.74) is 0. The van der Waals surface area contributed by atoms with Gasteiger partial charge in [0.2, 0.25) is 0 Å². The molecule has 1 unspecified atom stereocenters. The fourth-order valence-electron chi connectivity index (χ4n) is 0.990. The van der Waals surface area contributed by atoms with Crippen LogP contribution < -0.4 is 0 Å². The standard InChI is InChI=1S/C6H13Cl3Si/c1-3-4-6(2)5-10(7,8)9/h6H,3-5H2,1-2H3. The molecule has 0 nitrogen and oxygen atoms in total. The average molecular weight is 220 g/mol. The number of hydrogen-bond donors (Lipinski definition) is 0. The van der Waals surface area contributed by atoms with Gasteiger partial charge in [0.25, 0.3) is 0 Å². The third-order valence-electron chi connectivity index (χ3n) is 1.36. The van der Waals surface area contributed by atoms with Crippen molar-refractivity contribution in [3.63, 3.8) is 0 Å². The topological polar surface area (TPSA) is 0 Å². The molecule has 0 amide bonds. The molecule has 0 aromatic heterocycles. The third-order valence-corrected chi connectivity index (χ3v) is 3.91. The van der Waals surface area contributed by atoms with Gasteiger partial charge in [-0.05, 0) is 12.0 Å². The summed E-state index contributed by atoms with van der Waals surface area (Å²) in [5, 5.41) is 0. The van der Waals surface area contributed by atoms with Gasteiger partial charge in [0, 0.05) is 0 Å². The van der Waals surface area contributed by atoms with Crippen LogP contribution in [0.25, 0.3) is 0 Å². The normalized spacial score (nSPS) is 15.3. The van der Waals surface area contributed by atoms with Crippen molar-refractivity contribution < 1.29 is 0 Å². The van der Waals surface area contributed by atoms with E-state index < -0.39 is 6.00 Å². The number of rotatable bonds is 4. The molecule has 0 heterocycles. The van der Waals surface area contributed by atoms with E-state index in [-0.39, 0.29) is 0 Å². The molecule has 0 aromatic carbocycles. The maximum Gasteiger partial charge on any atom is 0.341 e. The lowest BCUT2D eigenvalue weighted by molar-refractivity contribution is 0.573. The van der Waals surface area contributed by atoms with E-state index >= 15 is 0 Å². The molecule has 0 aliphatic rings. The molecule has 0 N–H and O–H groups in total. The minimum Gasteiger partial charge on any atom is -0.126 e. The van der Waals surface area contributed by atoms with Gasteiger partial charge in [0.05, 0.1) is 0 Å². The van der Waals surface area contributed by atoms with Crippen molar-refractivity contribution in [2.75, 3.05) is 0 Å². The first kappa shape index (κ1) is 11.1. The highest BCUT2D eigenvalue weighted by molar-refractivity contribution is 7.64. The highest BCUT2D eigenvalue weighted by atomic mass is 35.8. The van der Waals surface area contributed by atoms with Gasteiger partial charge in [-0.15, -0.1) is 33.2 Å². The van der Waals surface area contributed by atoms with E-state index in [2.05, 4.69) is 13.8 Å². The van der Waals surface area contributed by atoms with Gasteiger partial charge in [0.1, 0.15) is 0 Å². The lowest BCUT2D eigenvalue weighted by Gasteiger charge is -2.13. The quantitative estimate of drug-likeness (QED) is 0.494. The second-order valence-corrected chi connectivity index (χ2v) is 11.9. The van der Waals surface area contributed by atoms with Crippen LogP contribution in [0.4, 0.5) is 0 Å². The summed E-state index contributed by atoms with van der Waals surface area (Å²) in [5.74, 6) is 0.573. The summed E-state index contributed by atoms with van der Waals surface area (Å²) in [7, 11) is 0. The van der Waals surface area contributed by atoms with Gasteiger partial charge in [-0.3, -0.25) is 0 Å². The van der Waals surface area contributed by atoms with Gasteiger partial charge in [0.15, 0.2) is 0 Å². The monoisotopic (exact) mass is 218 g/mol. The zero-order valence-electron chi connectivity index (χ0n) is 6.33. The maximum absolute atomic E-state index is 5.73. The largest absolute Gasteiger partial charge is 0.341 e. The van der Waals surface area contributed by atoms with Crippen LogP contribution >= 0.6 is 33.2 Å². The van der Waals surface area contributed by atoms with E-state index in [1.54, 1.807) is 0 Å². The van der Waals surface area contributed by atoms with Crippen molar-refractivity contribution in [2.24, 2.45) is 5.92 Å². The average Bonchev–Trinajstić information content (AvgIpc) is 1.59. The molecule has 0 saturated carbocycles. The lowest BCUT2D eigenvalue weighted by atomic mass is 10.1. The molecule has 0 radical (unpaired) electrons. The van der Waals surface area contributed by atoms with Gasteiger partial charge >= 0.3 is 6.00 Å². The Morgan fingerprint density at radius 2 is 1.80 bits per heavy atom. The van der Waals surface area contributed by atoms with Crippen LogP contribution in [0.15, 0.2) is 0 Å². The van der Waals surface area contributed by atoms with E-state index in [0.717, 1.165) is 6.04 Å². The van der Waals surface area contributed by atoms with E-state index in [1.165, 1.54) is 12.8 Å². The molecule has 4 heteroatoms. The molecule has 1 atom stereocenters.